The average molecular weight is 235 g/mol. The molecule has 1 amide bonds. The van der Waals surface area contributed by atoms with Gasteiger partial charge in [0.1, 0.15) is 0 Å². The first-order chi connectivity index (χ1) is 8.33. The zero-order chi connectivity index (χ0) is 12.1. The number of aromatic amines is 1. The normalized spacial score (nSPS) is 10.6. The molecule has 0 bridgehead atoms. The molecule has 6 nitrogen and oxygen atoms in total. The van der Waals surface area contributed by atoms with Gasteiger partial charge in [0, 0.05) is 12.5 Å². The Kier molecular flexibility index (Phi) is 3.69. The van der Waals surface area contributed by atoms with Crippen LogP contribution in [0.25, 0.3) is 10.9 Å². The molecular weight excluding hydrogens is 222 g/mol. The summed E-state index contributed by atoms with van der Waals surface area (Å²) in [4.78, 5) is 16.7. The summed E-state index contributed by atoms with van der Waals surface area (Å²) in [6.45, 7) is 0.714. The Balaban J connectivity index is 2.04. The summed E-state index contributed by atoms with van der Waals surface area (Å²) >= 11 is 0. The largest absolute Gasteiger partial charge is 0.382 e. The third-order valence-corrected chi connectivity index (χ3v) is 2.24. The predicted octanol–water partition coefficient (Wildman–Crippen LogP) is 0.871. The van der Waals surface area contributed by atoms with Crippen molar-refractivity contribution in [1.82, 2.24) is 15.7 Å². The van der Waals surface area contributed by atoms with Crippen molar-refractivity contribution >= 4 is 16.8 Å². The standard InChI is InChI=1S/C11H13N3O3/c1-16-6-7-17-14-11(15)10-8-4-2-3-5-9(8)12-13-10/h2-5H,6-7H2,1H3,(H,12,13)(H,14,15). The maximum absolute atomic E-state index is 11.7. The molecule has 6 heteroatoms. The number of hydrogen-bond donors (Lipinski definition) is 2. The Labute approximate surface area is 97.9 Å². The number of ether oxygens (including phenoxy) is 1. The quantitative estimate of drug-likeness (QED) is 0.595. The molecule has 1 heterocycles. The SMILES string of the molecule is COCCONC(=O)c1n[nH]c2ccccc12. The van der Waals surface area contributed by atoms with Gasteiger partial charge in [-0.15, -0.1) is 0 Å². The third kappa shape index (κ3) is 2.61. The zero-order valence-corrected chi connectivity index (χ0v) is 9.40. The topological polar surface area (TPSA) is 76.2 Å². The molecule has 1 aromatic heterocycles. The van der Waals surface area contributed by atoms with E-state index in [4.69, 9.17) is 9.57 Å². The Morgan fingerprint density at radius 1 is 1.41 bits per heavy atom. The minimum atomic E-state index is -0.376. The summed E-state index contributed by atoms with van der Waals surface area (Å²) in [6.07, 6.45) is 0. The van der Waals surface area contributed by atoms with Gasteiger partial charge in [0.2, 0.25) is 0 Å². The highest BCUT2D eigenvalue weighted by atomic mass is 16.7. The number of benzene rings is 1. The van der Waals surface area contributed by atoms with Crippen LogP contribution in [0, 0.1) is 0 Å². The van der Waals surface area contributed by atoms with E-state index in [2.05, 4.69) is 15.7 Å². The zero-order valence-electron chi connectivity index (χ0n) is 9.40. The molecule has 2 rings (SSSR count). The second kappa shape index (κ2) is 5.42. The number of H-pyrrole nitrogens is 1. The molecule has 0 aliphatic rings. The number of rotatable bonds is 5. The summed E-state index contributed by atoms with van der Waals surface area (Å²) in [6, 6.07) is 7.39. The first-order valence-corrected chi connectivity index (χ1v) is 5.17. The molecule has 1 aromatic carbocycles. The van der Waals surface area contributed by atoms with Crippen LogP contribution in [0.1, 0.15) is 10.5 Å². The van der Waals surface area contributed by atoms with E-state index in [9.17, 15) is 4.79 Å². The maximum atomic E-state index is 11.7. The van der Waals surface area contributed by atoms with Gasteiger partial charge in [-0.3, -0.25) is 14.7 Å². The van der Waals surface area contributed by atoms with Crippen LogP contribution in [-0.4, -0.2) is 36.4 Å². The van der Waals surface area contributed by atoms with E-state index in [-0.39, 0.29) is 5.91 Å². The molecule has 0 spiro atoms. The minimum absolute atomic E-state index is 0.296. The lowest BCUT2D eigenvalue weighted by atomic mass is 10.2. The van der Waals surface area contributed by atoms with Crippen molar-refractivity contribution in [1.29, 1.82) is 0 Å². The van der Waals surface area contributed by atoms with Gasteiger partial charge >= 0.3 is 0 Å². The lowest BCUT2D eigenvalue weighted by Crippen LogP contribution is -2.25. The molecule has 0 unspecified atom stereocenters. The molecule has 17 heavy (non-hydrogen) atoms. The van der Waals surface area contributed by atoms with Crippen LogP contribution in [-0.2, 0) is 9.57 Å². The third-order valence-electron chi connectivity index (χ3n) is 2.24. The molecule has 0 fully saturated rings. The van der Waals surface area contributed by atoms with E-state index in [1.807, 2.05) is 24.3 Å². The predicted molar refractivity (Wildman–Crippen MR) is 61.4 cm³/mol. The summed E-state index contributed by atoms with van der Waals surface area (Å²) in [5, 5.41) is 7.49. The number of amides is 1. The van der Waals surface area contributed by atoms with Gasteiger partial charge in [-0.1, -0.05) is 18.2 Å². The second-order valence-corrected chi connectivity index (χ2v) is 3.39. The fraction of sp³-hybridized carbons (Fsp3) is 0.273. The van der Waals surface area contributed by atoms with Crippen molar-refractivity contribution in [2.45, 2.75) is 0 Å². The Bertz CT molecular complexity index is 509. The number of hydrogen-bond acceptors (Lipinski definition) is 4. The Morgan fingerprint density at radius 2 is 2.24 bits per heavy atom. The van der Waals surface area contributed by atoms with Crippen molar-refractivity contribution in [2.24, 2.45) is 0 Å². The molecule has 2 aromatic rings. The number of para-hydroxylation sites is 1. The molecule has 2 N–H and O–H groups in total. The fourth-order valence-corrected chi connectivity index (χ4v) is 1.43. The highest BCUT2D eigenvalue weighted by Crippen LogP contribution is 2.14. The molecule has 0 saturated carbocycles. The van der Waals surface area contributed by atoms with Gasteiger partial charge in [0.25, 0.3) is 5.91 Å². The first-order valence-electron chi connectivity index (χ1n) is 5.17. The molecule has 0 atom stereocenters. The van der Waals surface area contributed by atoms with Crippen LogP contribution in [0.2, 0.25) is 0 Å². The first kappa shape index (κ1) is 11.6. The number of aromatic nitrogens is 2. The molecule has 90 valence electrons. The number of nitrogens with zero attached hydrogens (tertiary/aromatic N) is 1. The molecule has 0 radical (unpaired) electrons. The van der Waals surface area contributed by atoms with Crippen LogP contribution >= 0.6 is 0 Å². The summed E-state index contributed by atoms with van der Waals surface area (Å²) in [7, 11) is 1.56. The number of carbonyl (C=O) groups excluding carboxylic acids is 1. The number of carbonyl (C=O) groups is 1. The van der Waals surface area contributed by atoms with Crippen LogP contribution in [0.4, 0.5) is 0 Å². The average Bonchev–Trinajstić information content (AvgIpc) is 2.78. The van der Waals surface area contributed by atoms with Crippen molar-refractivity contribution < 1.29 is 14.4 Å². The van der Waals surface area contributed by atoms with Gasteiger partial charge in [-0.05, 0) is 6.07 Å². The van der Waals surface area contributed by atoms with Crippen molar-refractivity contribution in [3.63, 3.8) is 0 Å². The molecule has 0 aliphatic heterocycles. The van der Waals surface area contributed by atoms with E-state index in [1.165, 1.54) is 0 Å². The number of fused-ring (bicyclic) bond motifs is 1. The second-order valence-electron chi connectivity index (χ2n) is 3.39. The van der Waals surface area contributed by atoms with Crippen LogP contribution in [0.5, 0.6) is 0 Å². The van der Waals surface area contributed by atoms with Gasteiger partial charge in [0.15, 0.2) is 5.69 Å². The van der Waals surface area contributed by atoms with E-state index < -0.39 is 0 Å². The van der Waals surface area contributed by atoms with Crippen molar-refractivity contribution in [3.8, 4) is 0 Å². The highest BCUT2D eigenvalue weighted by Gasteiger charge is 2.13. The van der Waals surface area contributed by atoms with Gasteiger partial charge in [0.05, 0.1) is 18.7 Å². The molecule has 0 saturated heterocycles. The number of nitrogens with one attached hydrogen (secondary N) is 2. The number of methoxy groups -OCH3 is 1. The van der Waals surface area contributed by atoms with Crippen molar-refractivity contribution in [3.05, 3.63) is 30.0 Å². The Morgan fingerprint density at radius 3 is 3.06 bits per heavy atom. The van der Waals surface area contributed by atoms with Crippen molar-refractivity contribution in [2.75, 3.05) is 20.3 Å². The van der Waals surface area contributed by atoms with Gasteiger partial charge in [-0.25, -0.2) is 5.48 Å². The summed E-state index contributed by atoms with van der Waals surface area (Å²) < 4.78 is 4.79. The minimum Gasteiger partial charge on any atom is -0.382 e. The van der Waals surface area contributed by atoms with E-state index in [0.29, 0.717) is 18.9 Å². The highest BCUT2D eigenvalue weighted by molar-refractivity contribution is 6.04. The number of hydroxylamine groups is 1. The molecule has 0 aliphatic carbocycles. The van der Waals surface area contributed by atoms with Gasteiger partial charge in [-0.2, -0.15) is 5.10 Å². The molecular formula is C11H13N3O3. The van der Waals surface area contributed by atoms with Gasteiger partial charge < -0.3 is 4.74 Å². The lowest BCUT2D eigenvalue weighted by molar-refractivity contribution is 0.00868. The fourth-order valence-electron chi connectivity index (χ4n) is 1.43. The van der Waals surface area contributed by atoms with Crippen LogP contribution in [0.15, 0.2) is 24.3 Å². The van der Waals surface area contributed by atoms with Crippen LogP contribution in [0.3, 0.4) is 0 Å². The van der Waals surface area contributed by atoms with E-state index in [0.717, 1.165) is 10.9 Å². The van der Waals surface area contributed by atoms with E-state index >= 15 is 0 Å². The lowest BCUT2D eigenvalue weighted by Gasteiger charge is -2.03. The van der Waals surface area contributed by atoms with Crippen LogP contribution < -0.4 is 5.48 Å². The monoisotopic (exact) mass is 235 g/mol. The summed E-state index contributed by atoms with van der Waals surface area (Å²) in [5.74, 6) is -0.376. The Hall–Kier alpha value is -1.92. The summed E-state index contributed by atoms with van der Waals surface area (Å²) in [5.41, 5.74) is 3.44. The smallest absolute Gasteiger partial charge is 0.295 e. The van der Waals surface area contributed by atoms with E-state index in [1.54, 1.807) is 7.11 Å². The maximum Gasteiger partial charge on any atom is 0.295 e.